The van der Waals surface area contributed by atoms with Crippen molar-refractivity contribution in [2.75, 3.05) is 6.61 Å². The van der Waals surface area contributed by atoms with Crippen LogP contribution in [0.3, 0.4) is 0 Å². The van der Waals surface area contributed by atoms with Gasteiger partial charge in [0.15, 0.2) is 6.10 Å². The number of hydrogen-bond donors (Lipinski definition) is 1. The highest BCUT2D eigenvalue weighted by molar-refractivity contribution is 5.98. The van der Waals surface area contributed by atoms with Crippen LogP contribution >= 0.6 is 0 Å². The van der Waals surface area contributed by atoms with Crippen LogP contribution in [0.2, 0.25) is 0 Å². The molecule has 10 heteroatoms. The third-order valence-corrected chi connectivity index (χ3v) is 7.01. The van der Waals surface area contributed by atoms with Crippen LogP contribution in [0.25, 0.3) is 22.2 Å². The van der Waals surface area contributed by atoms with Crippen molar-refractivity contribution < 1.29 is 36.9 Å². The van der Waals surface area contributed by atoms with Gasteiger partial charge in [0.25, 0.3) is 0 Å². The van der Waals surface area contributed by atoms with Crippen LogP contribution in [0, 0.1) is 12.7 Å². The summed E-state index contributed by atoms with van der Waals surface area (Å²) in [4.78, 5) is 17.3. The van der Waals surface area contributed by atoms with Crippen molar-refractivity contribution in [3.05, 3.63) is 82.4 Å². The van der Waals surface area contributed by atoms with E-state index in [2.05, 4.69) is 0 Å². The summed E-state index contributed by atoms with van der Waals surface area (Å²) >= 11 is 0. The number of rotatable bonds is 6. The molecule has 1 atom stereocenters. The molecule has 216 valence electrons. The fraction of sp³-hybridized carbons (Fsp3) is 0.355. The first kappa shape index (κ1) is 28.6. The summed E-state index contributed by atoms with van der Waals surface area (Å²) in [5, 5.41) is 10.9. The number of benzene rings is 2. The SMILES string of the molecule is Cc1nc2c(ccn2Cc2ccc(C(F)(F)F)cc2F)c(-c2ccc3c(c2)CCCO3)c1C(OC(C)(C)C)C(=O)O. The molecule has 0 saturated heterocycles. The number of aliphatic carboxylic acids is 1. The fourth-order valence-corrected chi connectivity index (χ4v) is 5.23. The van der Waals surface area contributed by atoms with E-state index in [9.17, 15) is 27.5 Å². The number of hydrogen-bond acceptors (Lipinski definition) is 4. The highest BCUT2D eigenvalue weighted by Gasteiger charge is 2.34. The lowest BCUT2D eigenvalue weighted by Crippen LogP contribution is -2.28. The Kier molecular flexibility index (Phi) is 7.31. The van der Waals surface area contributed by atoms with Crippen molar-refractivity contribution in [1.29, 1.82) is 0 Å². The van der Waals surface area contributed by atoms with Crippen molar-refractivity contribution >= 4 is 17.0 Å². The highest BCUT2D eigenvalue weighted by Crippen LogP contribution is 2.41. The van der Waals surface area contributed by atoms with Crippen LogP contribution in [0.4, 0.5) is 17.6 Å². The van der Waals surface area contributed by atoms with E-state index < -0.39 is 35.2 Å². The minimum atomic E-state index is -4.65. The second-order valence-corrected chi connectivity index (χ2v) is 11.2. The van der Waals surface area contributed by atoms with Crippen LogP contribution in [0.15, 0.2) is 48.7 Å². The molecule has 2 aromatic heterocycles. The number of carboxylic acids is 1. The van der Waals surface area contributed by atoms with Crippen molar-refractivity contribution in [3.8, 4) is 16.9 Å². The standard InChI is InChI=1S/C31H30F4N2O4/c1-17-25(27(29(38)39)41-30(2,3)4)26(19-8-10-24-18(14-19)6-5-13-40-24)22-11-12-37(28(22)36-17)16-20-7-9-21(15-23(20)32)31(33,34)35/h7-12,14-15,27H,5-6,13,16H2,1-4H3,(H,38,39). The average molecular weight is 571 g/mol. The molecule has 0 saturated carbocycles. The fourth-order valence-electron chi connectivity index (χ4n) is 5.23. The summed E-state index contributed by atoms with van der Waals surface area (Å²) in [5.41, 5.74) is 1.83. The number of aromatic nitrogens is 2. The van der Waals surface area contributed by atoms with E-state index >= 15 is 0 Å². The minimum absolute atomic E-state index is 0.0611. The Labute approximate surface area is 234 Å². The van der Waals surface area contributed by atoms with E-state index in [0.717, 1.165) is 41.9 Å². The molecule has 0 fully saturated rings. The zero-order valence-corrected chi connectivity index (χ0v) is 23.1. The molecule has 0 amide bonds. The van der Waals surface area contributed by atoms with Crippen molar-refractivity contribution in [2.45, 2.75) is 65.0 Å². The van der Waals surface area contributed by atoms with Gasteiger partial charge in [-0.1, -0.05) is 12.1 Å². The molecular weight excluding hydrogens is 540 g/mol. The van der Waals surface area contributed by atoms with Gasteiger partial charge in [-0.15, -0.1) is 0 Å². The Morgan fingerprint density at radius 3 is 2.56 bits per heavy atom. The monoisotopic (exact) mass is 570 g/mol. The Morgan fingerprint density at radius 2 is 1.90 bits per heavy atom. The van der Waals surface area contributed by atoms with Gasteiger partial charge in [-0.3, -0.25) is 0 Å². The van der Waals surface area contributed by atoms with E-state index in [-0.39, 0.29) is 12.1 Å². The predicted octanol–water partition coefficient (Wildman–Crippen LogP) is 7.48. The first-order chi connectivity index (χ1) is 19.2. The molecule has 0 spiro atoms. The van der Waals surface area contributed by atoms with E-state index in [1.165, 1.54) is 0 Å². The lowest BCUT2D eigenvalue weighted by molar-refractivity contribution is -0.160. The summed E-state index contributed by atoms with van der Waals surface area (Å²) in [6.45, 7) is 7.56. The number of ether oxygens (including phenoxy) is 2. The molecule has 4 aromatic rings. The molecule has 1 N–H and O–H groups in total. The molecule has 1 aliphatic heterocycles. The largest absolute Gasteiger partial charge is 0.493 e. The third-order valence-electron chi connectivity index (χ3n) is 7.01. The molecular formula is C31H30F4N2O4. The van der Waals surface area contributed by atoms with Gasteiger partial charge < -0.3 is 19.1 Å². The molecule has 2 aromatic carbocycles. The number of nitrogens with zero attached hydrogens (tertiary/aromatic N) is 2. The van der Waals surface area contributed by atoms with Crippen LogP contribution in [-0.4, -0.2) is 32.8 Å². The number of pyridine rings is 1. The van der Waals surface area contributed by atoms with E-state index in [4.69, 9.17) is 14.5 Å². The molecule has 0 aliphatic carbocycles. The number of alkyl halides is 3. The Balaban J connectivity index is 1.70. The normalized spacial score (nSPS) is 14.5. The van der Waals surface area contributed by atoms with E-state index in [1.807, 2.05) is 18.2 Å². The summed E-state index contributed by atoms with van der Waals surface area (Å²) in [6, 6.07) is 9.92. The van der Waals surface area contributed by atoms with Crippen molar-refractivity contribution in [1.82, 2.24) is 9.55 Å². The van der Waals surface area contributed by atoms with Crippen LogP contribution in [0.1, 0.15) is 61.2 Å². The van der Waals surface area contributed by atoms with Crippen LogP contribution < -0.4 is 4.74 Å². The van der Waals surface area contributed by atoms with Gasteiger partial charge in [-0.25, -0.2) is 14.2 Å². The summed E-state index contributed by atoms with van der Waals surface area (Å²) in [6.07, 6.45) is -2.65. The first-order valence-electron chi connectivity index (χ1n) is 13.2. The smallest absolute Gasteiger partial charge is 0.416 e. The van der Waals surface area contributed by atoms with E-state index in [1.54, 1.807) is 44.5 Å². The minimum Gasteiger partial charge on any atom is -0.493 e. The highest BCUT2D eigenvalue weighted by atomic mass is 19.4. The van der Waals surface area contributed by atoms with Crippen molar-refractivity contribution in [2.24, 2.45) is 0 Å². The average Bonchev–Trinajstić information content (AvgIpc) is 3.28. The van der Waals surface area contributed by atoms with E-state index in [0.29, 0.717) is 40.5 Å². The third kappa shape index (κ3) is 5.79. The molecule has 0 bridgehead atoms. The predicted molar refractivity (Wildman–Crippen MR) is 145 cm³/mol. The maximum absolute atomic E-state index is 14.7. The molecule has 41 heavy (non-hydrogen) atoms. The first-order valence-corrected chi connectivity index (χ1v) is 13.2. The molecule has 3 heterocycles. The Bertz CT molecular complexity index is 1640. The number of halogens is 4. The number of carbonyl (C=O) groups is 1. The lowest BCUT2D eigenvalue weighted by atomic mass is 9.90. The maximum atomic E-state index is 14.7. The van der Waals surface area contributed by atoms with Gasteiger partial charge in [0, 0.05) is 34.0 Å². The summed E-state index contributed by atoms with van der Waals surface area (Å²) < 4.78 is 67.4. The Morgan fingerprint density at radius 1 is 1.15 bits per heavy atom. The molecule has 1 aliphatic rings. The second kappa shape index (κ2) is 10.5. The Hall–Kier alpha value is -3.92. The topological polar surface area (TPSA) is 73.6 Å². The quantitative estimate of drug-likeness (QED) is 0.243. The van der Waals surface area contributed by atoms with Gasteiger partial charge in [-0.05, 0) is 82.0 Å². The number of aryl methyl sites for hydroxylation is 2. The van der Waals surface area contributed by atoms with Gasteiger partial charge >= 0.3 is 12.1 Å². The summed E-state index contributed by atoms with van der Waals surface area (Å²) in [7, 11) is 0. The lowest BCUT2D eigenvalue weighted by Gasteiger charge is -2.28. The van der Waals surface area contributed by atoms with Crippen molar-refractivity contribution in [3.63, 3.8) is 0 Å². The molecule has 0 radical (unpaired) electrons. The van der Waals surface area contributed by atoms with Gasteiger partial charge in [0.1, 0.15) is 17.2 Å². The summed E-state index contributed by atoms with van der Waals surface area (Å²) in [5.74, 6) is -1.37. The zero-order chi connectivity index (χ0) is 29.7. The molecule has 5 rings (SSSR count). The number of fused-ring (bicyclic) bond motifs is 2. The molecule has 6 nitrogen and oxygen atoms in total. The van der Waals surface area contributed by atoms with Gasteiger partial charge in [0.05, 0.1) is 24.3 Å². The van der Waals surface area contributed by atoms with Crippen LogP contribution in [0.5, 0.6) is 5.75 Å². The number of carboxylic acid groups (broad SMARTS) is 1. The van der Waals surface area contributed by atoms with Gasteiger partial charge in [-0.2, -0.15) is 13.2 Å². The molecule has 1 unspecified atom stereocenters. The zero-order valence-electron chi connectivity index (χ0n) is 23.1. The van der Waals surface area contributed by atoms with Gasteiger partial charge in [0.2, 0.25) is 0 Å². The second-order valence-electron chi connectivity index (χ2n) is 11.2. The van der Waals surface area contributed by atoms with Crippen LogP contribution in [-0.2, 0) is 28.7 Å². The maximum Gasteiger partial charge on any atom is 0.416 e.